The molecule has 1 unspecified atom stereocenters. The van der Waals surface area contributed by atoms with Crippen LogP contribution in [0.5, 0.6) is 0 Å². The van der Waals surface area contributed by atoms with Gasteiger partial charge in [0, 0.05) is 31.1 Å². The van der Waals surface area contributed by atoms with Gasteiger partial charge in [0.1, 0.15) is 6.26 Å². The minimum Gasteiger partial charge on any atom is -0.472 e. The fourth-order valence-electron chi connectivity index (χ4n) is 3.60. The summed E-state index contributed by atoms with van der Waals surface area (Å²) in [5, 5.41) is 7.45. The summed E-state index contributed by atoms with van der Waals surface area (Å²) in [6, 6.07) is 12.1. The third-order valence-corrected chi connectivity index (χ3v) is 4.87. The SMILES string of the molecule is O=C(c1ccoc1)N1CCCC(c2[nH]ncc2Cc2ccccc2)C1. The molecule has 5 heteroatoms. The molecular formula is C20H21N3O2. The van der Waals surface area contributed by atoms with E-state index < -0.39 is 0 Å². The second-order valence-corrected chi connectivity index (χ2v) is 6.57. The Bertz CT molecular complexity index is 824. The third kappa shape index (κ3) is 3.36. The highest BCUT2D eigenvalue weighted by molar-refractivity contribution is 5.93. The van der Waals surface area contributed by atoms with Crippen molar-refractivity contribution in [2.75, 3.05) is 13.1 Å². The molecule has 0 bridgehead atoms. The predicted octanol–water partition coefficient (Wildman–Crippen LogP) is 3.61. The van der Waals surface area contributed by atoms with Crippen LogP contribution in [0.15, 0.2) is 59.5 Å². The van der Waals surface area contributed by atoms with Crippen molar-refractivity contribution in [1.29, 1.82) is 0 Å². The van der Waals surface area contributed by atoms with Gasteiger partial charge < -0.3 is 9.32 Å². The van der Waals surface area contributed by atoms with Crippen LogP contribution in [0.1, 0.15) is 45.9 Å². The normalized spacial score (nSPS) is 17.6. The molecule has 1 aromatic carbocycles. The van der Waals surface area contributed by atoms with Crippen LogP contribution in [0.4, 0.5) is 0 Å². The second-order valence-electron chi connectivity index (χ2n) is 6.57. The Labute approximate surface area is 146 Å². The summed E-state index contributed by atoms with van der Waals surface area (Å²) in [5.74, 6) is 0.341. The van der Waals surface area contributed by atoms with E-state index in [-0.39, 0.29) is 5.91 Å². The molecule has 4 rings (SSSR count). The van der Waals surface area contributed by atoms with E-state index in [4.69, 9.17) is 4.42 Å². The van der Waals surface area contributed by atoms with E-state index in [1.54, 1.807) is 12.3 Å². The quantitative estimate of drug-likeness (QED) is 0.792. The van der Waals surface area contributed by atoms with Crippen LogP contribution in [0, 0.1) is 0 Å². The number of hydrogen-bond acceptors (Lipinski definition) is 3. The number of hydrogen-bond donors (Lipinski definition) is 1. The zero-order chi connectivity index (χ0) is 17.1. The fourth-order valence-corrected chi connectivity index (χ4v) is 3.60. The van der Waals surface area contributed by atoms with E-state index in [1.807, 2.05) is 17.2 Å². The van der Waals surface area contributed by atoms with Gasteiger partial charge >= 0.3 is 0 Å². The van der Waals surface area contributed by atoms with E-state index in [2.05, 4.69) is 34.5 Å². The van der Waals surface area contributed by atoms with Gasteiger partial charge in [-0.1, -0.05) is 30.3 Å². The fraction of sp³-hybridized carbons (Fsp3) is 0.300. The smallest absolute Gasteiger partial charge is 0.257 e. The van der Waals surface area contributed by atoms with Crippen molar-refractivity contribution >= 4 is 5.91 Å². The minimum atomic E-state index is 0.0441. The molecule has 5 nitrogen and oxygen atoms in total. The van der Waals surface area contributed by atoms with Crippen LogP contribution in [-0.2, 0) is 6.42 Å². The van der Waals surface area contributed by atoms with Crippen molar-refractivity contribution in [3.05, 3.63) is 77.5 Å². The molecule has 2 aromatic heterocycles. The van der Waals surface area contributed by atoms with Crippen molar-refractivity contribution in [1.82, 2.24) is 15.1 Å². The molecule has 1 atom stereocenters. The lowest BCUT2D eigenvalue weighted by Gasteiger charge is -2.32. The van der Waals surface area contributed by atoms with Gasteiger partial charge in [0.25, 0.3) is 5.91 Å². The maximum Gasteiger partial charge on any atom is 0.257 e. The molecule has 1 fully saturated rings. The summed E-state index contributed by atoms with van der Waals surface area (Å²) < 4.78 is 5.05. The van der Waals surface area contributed by atoms with Crippen LogP contribution in [0.3, 0.4) is 0 Å². The number of benzene rings is 1. The van der Waals surface area contributed by atoms with Gasteiger partial charge in [0.2, 0.25) is 0 Å². The lowest BCUT2D eigenvalue weighted by atomic mass is 9.90. The van der Waals surface area contributed by atoms with Gasteiger partial charge in [0.15, 0.2) is 0 Å². The van der Waals surface area contributed by atoms with E-state index >= 15 is 0 Å². The topological polar surface area (TPSA) is 62.1 Å². The number of carbonyl (C=O) groups is 1. The first-order valence-corrected chi connectivity index (χ1v) is 8.69. The Balaban J connectivity index is 1.50. The number of aromatic amines is 1. The highest BCUT2D eigenvalue weighted by atomic mass is 16.3. The van der Waals surface area contributed by atoms with Gasteiger partial charge in [-0.2, -0.15) is 5.10 Å². The zero-order valence-corrected chi connectivity index (χ0v) is 14.0. The molecule has 1 saturated heterocycles. The van der Waals surface area contributed by atoms with Gasteiger partial charge in [-0.15, -0.1) is 0 Å². The van der Waals surface area contributed by atoms with Crippen LogP contribution < -0.4 is 0 Å². The Morgan fingerprint density at radius 3 is 2.96 bits per heavy atom. The van der Waals surface area contributed by atoms with E-state index in [1.165, 1.54) is 17.4 Å². The molecule has 128 valence electrons. The number of nitrogens with zero attached hydrogens (tertiary/aromatic N) is 2. The standard InChI is InChI=1S/C20H21N3O2/c24-20(17-8-10-25-14-17)23-9-4-7-16(13-23)19-18(12-21-22-19)11-15-5-2-1-3-6-15/h1-3,5-6,8,10,12,14,16H,4,7,9,11,13H2,(H,21,22). The number of furan rings is 1. The summed E-state index contributed by atoms with van der Waals surface area (Å²) in [6.07, 6.45) is 7.90. The number of aromatic nitrogens is 2. The molecule has 3 heterocycles. The average molecular weight is 335 g/mol. The van der Waals surface area contributed by atoms with E-state index in [9.17, 15) is 4.79 Å². The lowest BCUT2D eigenvalue weighted by Crippen LogP contribution is -2.39. The monoisotopic (exact) mass is 335 g/mol. The minimum absolute atomic E-state index is 0.0441. The first-order chi connectivity index (χ1) is 12.3. The molecule has 1 amide bonds. The number of rotatable bonds is 4. The highest BCUT2D eigenvalue weighted by Gasteiger charge is 2.28. The summed E-state index contributed by atoms with van der Waals surface area (Å²) in [7, 11) is 0. The Kier molecular flexibility index (Phi) is 4.37. The largest absolute Gasteiger partial charge is 0.472 e. The number of carbonyl (C=O) groups excluding carboxylic acids is 1. The molecule has 1 N–H and O–H groups in total. The third-order valence-electron chi connectivity index (χ3n) is 4.87. The van der Waals surface area contributed by atoms with Gasteiger partial charge in [-0.25, -0.2) is 0 Å². The molecule has 0 radical (unpaired) electrons. The van der Waals surface area contributed by atoms with Crippen LogP contribution in [0.25, 0.3) is 0 Å². The van der Waals surface area contributed by atoms with Crippen molar-refractivity contribution in [2.45, 2.75) is 25.2 Å². The van der Waals surface area contributed by atoms with Crippen molar-refractivity contribution in [2.24, 2.45) is 0 Å². The molecular weight excluding hydrogens is 314 g/mol. The first kappa shape index (κ1) is 15.7. The van der Waals surface area contributed by atoms with Crippen molar-refractivity contribution < 1.29 is 9.21 Å². The number of nitrogens with one attached hydrogen (secondary N) is 1. The average Bonchev–Trinajstić information content (AvgIpc) is 3.34. The Hall–Kier alpha value is -2.82. The van der Waals surface area contributed by atoms with Crippen molar-refractivity contribution in [3.8, 4) is 0 Å². The van der Waals surface area contributed by atoms with Crippen LogP contribution >= 0.6 is 0 Å². The number of likely N-dealkylation sites (tertiary alicyclic amines) is 1. The Morgan fingerprint density at radius 1 is 1.28 bits per heavy atom. The predicted molar refractivity (Wildman–Crippen MR) is 94.4 cm³/mol. The van der Waals surface area contributed by atoms with Crippen LogP contribution in [-0.4, -0.2) is 34.1 Å². The molecule has 0 aliphatic carbocycles. The number of H-pyrrole nitrogens is 1. The molecule has 1 aliphatic rings. The summed E-state index contributed by atoms with van der Waals surface area (Å²) in [4.78, 5) is 14.5. The molecule has 0 spiro atoms. The summed E-state index contributed by atoms with van der Waals surface area (Å²) in [6.45, 7) is 1.51. The lowest BCUT2D eigenvalue weighted by molar-refractivity contribution is 0.0705. The first-order valence-electron chi connectivity index (χ1n) is 8.69. The van der Waals surface area contributed by atoms with Gasteiger partial charge in [-0.3, -0.25) is 9.89 Å². The molecule has 25 heavy (non-hydrogen) atoms. The second kappa shape index (κ2) is 6.97. The molecule has 3 aromatic rings. The molecule has 1 aliphatic heterocycles. The van der Waals surface area contributed by atoms with Gasteiger partial charge in [0.05, 0.1) is 18.0 Å². The summed E-state index contributed by atoms with van der Waals surface area (Å²) in [5.41, 5.74) is 4.27. The van der Waals surface area contributed by atoms with Gasteiger partial charge in [-0.05, 0) is 30.0 Å². The Morgan fingerprint density at radius 2 is 2.16 bits per heavy atom. The highest BCUT2D eigenvalue weighted by Crippen LogP contribution is 2.29. The maximum absolute atomic E-state index is 12.6. The van der Waals surface area contributed by atoms with E-state index in [0.717, 1.165) is 31.5 Å². The number of piperidine rings is 1. The van der Waals surface area contributed by atoms with Crippen molar-refractivity contribution in [3.63, 3.8) is 0 Å². The maximum atomic E-state index is 12.6. The zero-order valence-electron chi connectivity index (χ0n) is 14.0. The molecule has 0 saturated carbocycles. The van der Waals surface area contributed by atoms with Crippen LogP contribution in [0.2, 0.25) is 0 Å². The summed E-state index contributed by atoms with van der Waals surface area (Å²) >= 11 is 0. The van der Waals surface area contributed by atoms with E-state index in [0.29, 0.717) is 18.0 Å². The number of amides is 1.